The summed E-state index contributed by atoms with van der Waals surface area (Å²) in [6.45, 7) is 0. The number of nitrogens with one attached hydrogen (secondary N) is 1. The Hall–Kier alpha value is -2.25. The van der Waals surface area contributed by atoms with Crippen LogP contribution in [0, 0.1) is 0 Å². The van der Waals surface area contributed by atoms with Crippen molar-refractivity contribution in [3.05, 3.63) is 41.9 Å². The average molecular weight is 271 g/mol. The highest BCUT2D eigenvalue weighted by Gasteiger charge is 2.19. The van der Waals surface area contributed by atoms with E-state index in [1.165, 1.54) is 0 Å². The van der Waals surface area contributed by atoms with Crippen LogP contribution in [0.15, 0.2) is 30.5 Å². The lowest BCUT2D eigenvalue weighted by Crippen LogP contribution is -2.30. The van der Waals surface area contributed by atoms with Crippen molar-refractivity contribution in [2.75, 3.05) is 0 Å². The van der Waals surface area contributed by atoms with E-state index in [1.54, 1.807) is 4.68 Å². The molecule has 0 amide bonds. The van der Waals surface area contributed by atoms with Crippen molar-refractivity contribution in [2.24, 2.45) is 19.9 Å². The Balaban J connectivity index is 1.99. The van der Waals surface area contributed by atoms with Gasteiger partial charge in [0.2, 0.25) is 0 Å². The second kappa shape index (κ2) is 5.03. The number of hydrogen-bond donors (Lipinski definition) is 2. The first-order chi connectivity index (χ1) is 9.69. The van der Waals surface area contributed by atoms with E-state index >= 15 is 0 Å². The summed E-state index contributed by atoms with van der Waals surface area (Å²) in [7, 11) is 3.78. The molecule has 0 bridgehead atoms. The van der Waals surface area contributed by atoms with Crippen molar-refractivity contribution in [3.8, 4) is 0 Å². The zero-order chi connectivity index (χ0) is 14.1. The number of benzene rings is 1. The number of rotatable bonds is 4. The number of hydrazine groups is 1. The molecule has 2 aromatic heterocycles. The maximum absolute atomic E-state index is 5.71. The Labute approximate surface area is 116 Å². The molecule has 0 aliphatic carbocycles. The average Bonchev–Trinajstić information content (AvgIpc) is 3.01. The van der Waals surface area contributed by atoms with E-state index in [2.05, 4.69) is 26.9 Å². The van der Waals surface area contributed by atoms with Crippen LogP contribution in [0.2, 0.25) is 0 Å². The largest absolute Gasteiger partial charge is 0.271 e. The summed E-state index contributed by atoms with van der Waals surface area (Å²) in [5, 5.41) is 13.7. The Morgan fingerprint density at radius 2 is 2.10 bits per heavy atom. The molecular formula is C13H17N7. The van der Waals surface area contributed by atoms with Gasteiger partial charge in [0, 0.05) is 32.1 Å². The van der Waals surface area contributed by atoms with Gasteiger partial charge in [-0.2, -0.15) is 5.10 Å². The van der Waals surface area contributed by atoms with E-state index in [0.29, 0.717) is 6.42 Å². The molecule has 0 spiro atoms. The number of hydrogen-bond acceptors (Lipinski definition) is 5. The number of nitrogens with zero attached hydrogens (tertiary/aromatic N) is 5. The van der Waals surface area contributed by atoms with Crippen LogP contribution in [0.3, 0.4) is 0 Å². The molecule has 3 aromatic rings. The third-order valence-electron chi connectivity index (χ3n) is 3.38. The first-order valence-corrected chi connectivity index (χ1v) is 6.42. The molecule has 3 N–H and O–H groups in total. The smallest absolute Gasteiger partial charge is 0.0890 e. The maximum atomic E-state index is 5.71. The normalized spacial score (nSPS) is 12.9. The van der Waals surface area contributed by atoms with E-state index < -0.39 is 0 Å². The van der Waals surface area contributed by atoms with Crippen molar-refractivity contribution < 1.29 is 0 Å². The van der Waals surface area contributed by atoms with Gasteiger partial charge in [0.25, 0.3) is 0 Å². The van der Waals surface area contributed by atoms with Crippen molar-refractivity contribution in [2.45, 2.75) is 12.5 Å². The van der Waals surface area contributed by atoms with Crippen LogP contribution < -0.4 is 11.3 Å². The van der Waals surface area contributed by atoms with Gasteiger partial charge in [-0.3, -0.25) is 20.6 Å². The number of aryl methyl sites for hydroxylation is 2. The van der Waals surface area contributed by atoms with Gasteiger partial charge in [0.15, 0.2) is 0 Å². The molecule has 1 aromatic carbocycles. The fourth-order valence-corrected chi connectivity index (χ4v) is 2.43. The molecule has 7 nitrogen and oxygen atoms in total. The molecule has 1 unspecified atom stereocenters. The molecular weight excluding hydrogens is 254 g/mol. The highest BCUT2D eigenvalue weighted by molar-refractivity contribution is 5.82. The molecule has 0 aliphatic rings. The number of para-hydroxylation sites is 1. The van der Waals surface area contributed by atoms with E-state index in [1.807, 2.05) is 43.2 Å². The fraction of sp³-hybridized carbons (Fsp3) is 0.308. The topological polar surface area (TPSA) is 86.6 Å². The third kappa shape index (κ3) is 2.17. The van der Waals surface area contributed by atoms with Crippen LogP contribution in [-0.2, 0) is 20.5 Å². The lowest BCUT2D eigenvalue weighted by atomic mass is 10.1. The SMILES string of the molecule is Cn1cc(CC(NN)c2nn(C)c3ccccc23)nn1. The second-order valence-corrected chi connectivity index (χ2v) is 4.83. The fourth-order valence-electron chi connectivity index (χ4n) is 2.43. The molecule has 3 rings (SSSR count). The predicted molar refractivity (Wildman–Crippen MR) is 75.5 cm³/mol. The molecule has 2 heterocycles. The minimum atomic E-state index is -0.0993. The molecule has 0 saturated carbocycles. The molecule has 1 atom stereocenters. The van der Waals surface area contributed by atoms with E-state index in [0.717, 1.165) is 22.3 Å². The summed E-state index contributed by atoms with van der Waals surface area (Å²) in [5.41, 5.74) is 5.72. The summed E-state index contributed by atoms with van der Waals surface area (Å²) < 4.78 is 3.55. The molecule has 20 heavy (non-hydrogen) atoms. The Kier molecular flexibility index (Phi) is 3.21. The Bertz CT molecular complexity index is 727. The van der Waals surface area contributed by atoms with Crippen molar-refractivity contribution in [1.29, 1.82) is 0 Å². The van der Waals surface area contributed by atoms with Crippen LogP contribution >= 0.6 is 0 Å². The van der Waals surface area contributed by atoms with Crippen LogP contribution in [-0.4, -0.2) is 24.8 Å². The lowest BCUT2D eigenvalue weighted by molar-refractivity contribution is 0.527. The zero-order valence-electron chi connectivity index (χ0n) is 11.5. The molecule has 0 radical (unpaired) electrons. The van der Waals surface area contributed by atoms with Gasteiger partial charge < -0.3 is 0 Å². The lowest BCUT2D eigenvalue weighted by Gasteiger charge is -2.12. The summed E-state index contributed by atoms with van der Waals surface area (Å²) in [4.78, 5) is 0. The third-order valence-corrected chi connectivity index (χ3v) is 3.38. The molecule has 0 fully saturated rings. The van der Waals surface area contributed by atoms with Crippen LogP contribution in [0.4, 0.5) is 0 Å². The second-order valence-electron chi connectivity index (χ2n) is 4.83. The first kappa shape index (κ1) is 12.8. The highest BCUT2D eigenvalue weighted by atomic mass is 15.4. The van der Waals surface area contributed by atoms with Crippen LogP contribution in [0.1, 0.15) is 17.4 Å². The summed E-state index contributed by atoms with van der Waals surface area (Å²) in [5.74, 6) is 5.71. The van der Waals surface area contributed by atoms with Gasteiger partial charge in [0.1, 0.15) is 0 Å². The van der Waals surface area contributed by atoms with E-state index in [4.69, 9.17) is 5.84 Å². The predicted octanol–water partition coefficient (Wildman–Crippen LogP) is 0.449. The zero-order valence-corrected chi connectivity index (χ0v) is 11.5. The van der Waals surface area contributed by atoms with Crippen molar-refractivity contribution >= 4 is 10.9 Å². The van der Waals surface area contributed by atoms with Crippen LogP contribution in [0.25, 0.3) is 10.9 Å². The molecule has 0 aliphatic heterocycles. The number of nitrogens with two attached hydrogens (primary N) is 1. The summed E-state index contributed by atoms with van der Waals surface area (Å²) in [6.07, 6.45) is 2.53. The Morgan fingerprint density at radius 1 is 1.30 bits per heavy atom. The van der Waals surface area contributed by atoms with Gasteiger partial charge in [-0.15, -0.1) is 5.10 Å². The van der Waals surface area contributed by atoms with Gasteiger partial charge >= 0.3 is 0 Å². The van der Waals surface area contributed by atoms with Gasteiger partial charge in [0.05, 0.1) is 22.9 Å². The van der Waals surface area contributed by atoms with Gasteiger partial charge in [-0.1, -0.05) is 23.4 Å². The van der Waals surface area contributed by atoms with Gasteiger partial charge in [-0.25, -0.2) is 0 Å². The molecule has 7 heteroatoms. The number of aromatic nitrogens is 5. The van der Waals surface area contributed by atoms with Gasteiger partial charge in [-0.05, 0) is 6.07 Å². The highest BCUT2D eigenvalue weighted by Crippen LogP contribution is 2.24. The minimum Gasteiger partial charge on any atom is -0.271 e. The summed E-state index contributed by atoms with van der Waals surface area (Å²) >= 11 is 0. The number of fused-ring (bicyclic) bond motifs is 1. The molecule has 104 valence electrons. The first-order valence-electron chi connectivity index (χ1n) is 6.42. The quantitative estimate of drug-likeness (QED) is 0.531. The monoisotopic (exact) mass is 271 g/mol. The van der Waals surface area contributed by atoms with E-state index in [9.17, 15) is 0 Å². The minimum absolute atomic E-state index is 0.0993. The van der Waals surface area contributed by atoms with Crippen LogP contribution in [0.5, 0.6) is 0 Å². The van der Waals surface area contributed by atoms with Crippen molar-refractivity contribution in [1.82, 2.24) is 30.2 Å². The maximum Gasteiger partial charge on any atom is 0.0890 e. The van der Waals surface area contributed by atoms with Crippen molar-refractivity contribution in [3.63, 3.8) is 0 Å². The van der Waals surface area contributed by atoms with E-state index in [-0.39, 0.29) is 6.04 Å². The molecule has 0 saturated heterocycles. The Morgan fingerprint density at radius 3 is 2.80 bits per heavy atom. The summed E-state index contributed by atoms with van der Waals surface area (Å²) in [6, 6.07) is 8.00. The standard InChI is InChI=1S/C13H17N7/c1-19-8-9(16-18-19)7-11(15-14)13-10-5-3-4-6-12(10)20(2)17-13/h3-6,8,11,15H,7,14H2,1-2H3.